The summed E-state index contributed by atoms with van der Waals surface area (Å²) in [6, 6.07) is 23.9. The molecule has 0 aromatic heterocycles. The molecule has 0 aliphatic rings. The maximum absolute atomic E-state index is 2.47. The molecule has 182 valence electrons. The molecule has 5 aromatic carbocycles. The highest BCUT2D eigenvalue weighted by molar-refractivity contribution is 6.22. The first-order chi connectivity index (χ1) is 17.2. The summed E-state index contributed by atoms with van der Waals surface area (Å²) in [5, 5.41) is 5.48. The van der Waals surface area contributed by atoms with E-state index in [9.17, 15) is 0 Å². The lowest BCUT2D eigenvalue weighted by Crippen LogP contribution is -1.98. The van der Waals surface area contributed by atoms with Gasteiger partial charge in [-0.25, -0.2) is 0 Å². The van der Waals surface area contributed by atoms with Gasteiger partial charge < -0.3 is 0 Å². The zero-order valence-electron chi connectivity index (χ0n) is 23.2. The van der Waals surface area contributed by atoms with Crippen molar-refractivity contribution in [3.8, 4) is 22.3 Å². The number of benzene rings is 5. The molecule has 0 saturated carbocycles. The van der Waals surface area contributed by atoms with Crippen LogP contribution >= 0.6 is 0 Å². The number of hydrogen-bond donors (Lipinski definition) is 0. The lowest BCUT2D eigenvalue weighted by molar-refractivity contribution is 1.11. The largest absolute Gasteiger partial charge is 0.0613 e. The van der Waals surface area contributed by atoms with Crippen LogP contribution in [0.25, 0.3) is 43.8 Å². The van der Waals surface area contributed by atoms with Gasteiger partial charge in [-0.15, -0.1) is 0 Å². The molecule has 0 heteroatoms. The molecule has 0 N–H and O–H groups in total. The Morgan fingerprint density at radius 2 is 0.722 bits per heavy atom. The van der Waals surface area contributed by atoms with Gasteiger partial charge in [0.25, 0.3) is 0 Å². The molecule has 5 aromatic rings. The van der Waals surface area contributed by atoms with Crippen molar-refractivity contribution < 1.29 is 0 Å². The Hall–Kier alpha value is -3.38. The molecule has 0 saturated heterocycles. The predicted molar refractivity (Wildman–Crippen MR) is 160 cm³/mol. The van der Waals surface area contributed by atoms with E-state index in [0.717, 1.165) is 12.8 Å². The number of aryl methyl sites for hydroxylation is 8. The van der Waals surface area contributed by atoms with Gasteiger partial charge >= 0.3 is 0 Å². The monoisotopic (exact) mass is 470 g/mol. The molecule has 0 amide bonds. The van der Waals surface area contributed by atoms with Gasteiger partial charge in [0.1, 0.15) is 0 Å². The minimum absolute atomic E-state index is 1.05. The SMILES string of the molecule is CCc1cc2c(cc1C)c(-c1cc(C)cc(C)c1)c(-c1cc(C)cc(C)c1)c1cc(C)c(CC)cc12. The van der Waals surface area contributed by atoms with Crippen LogP contribution in [0.5, 0.6) is 0 Å². The molecule has 0 aliphatic carbocycles. The van der Waals surface area contributed by atoms with E-state index in [2.05, 4.69) is 116 Å². The zero-order chi connectivity index (χ0) is 25.7. The smallest absolute Gasteiger partial charge is 0.00200 e. The van der Waals surface area contributed by atoms with Crippen LogP contribution in [-0.4, -0.2) is 0 Å². The normalized spacial score (nSPS) is 11.6. The third-order valence-corrected chi connectivity index (χ3v) is 7.81. The maximum Gasteiger partial charge on any atom is -0.00200 e. The highest BCUT2D eigenvalue weighted by atomic mass is 14.2. The van der Waals surface area contributed by atoms with Crippen LogP contribution in [0.3, 0.4) is 0 Å². The van der Waals surface area contributed by atoms with Crippen molar-refractivity contribution in [2.45, 2.75) is 68.2 Å². The standard InChI is InChI=1S/C36H38/c1-9-27-19-31-32-20-28(10-2)26(8)18-34(32)36(30-15-23(5)12-24(6)16-30)35(33(31)17-25(27)7)29-13-21(3)11-22(4)14-29/h11-20H,9-10H2,1-8H3. The first-order valence-corrected chi connectivity index (χ1v) is 13.4. The Labute approximate surface area is 217 Å². The van der Waals surface area contributed by atoms with Crippen LogP contribution in [0.4, 0.5) is 0 Å². The molecule has 0 nitrogen and oxygen atoms in total. The Morgan fingerprint density at radius 1 is 0.389 bits per heavy atom. The van der Waals surface area contributed by atoms with Crippen molar-refractivity contribution in [3.05, 3.63) is 105 Å². The minimum atomic E-state index is 1.05. The second-order valence-corrected chi connectivity index (χ2v) is 10.9. The minimum Gasteiger partial charge on any atom is -0.0613 e. The highest BCUT2D eigenvalue weighted by Crippen LogP contribution is 2.46. The number of rotatable bonds is 4. The summed E-state index contributed by atoms with van der Waals surface area (Å²) in [6.07, 6.45) is 2.10. The van der Waals surface area contributed by atoms with Crippen molar-refractivity contribution in [1.82, 2.24) is 0 Å². The lowest BCUT2D eigenvalue weighted by atomic mass is 9.81. The van der Waals surface area contributed by atoms with Gasteiger partial charge in [0.2, 0.25) is 0 Å². The summed E-state index contributed by atoms with van der Waals surface area (Å²) in [7, 11) is 0. The quantitative estimate of drug-likeness (QED) is 0.229. The number of hydrogen-bond acceptors (Lipinski definition) is 0. The average molecular weight is 471 g/mol. The molecule has 36 heavy (non-hydrogen) atoms. The fourth-order valence-corrected chi connectivity index (χ4v) is 6.23. The second kappa shape index (κ2) is 9.25. The Bertz CT molecular complexity index is 1480. The van der Waals surface area contributed by atoms with E-state index < -0.39 is 0 Å². The summed E-state index contributed by atoms with van der Waals surface area (Å²) in [5.74, 6) is 0. The van der Waals surface area contributed by atoms with Gasteiger partial charge in [-0.1, -0.05) is 96.8 Å². The Kier molecular flexibility index (Phi) is 6.25. The van der Waals surface area contributed by atoms with E-state index in [1.807, 2.05) is 0 Å². The van der Waals surface area contributed by atoms with Crippen LogP contribution in [0.15, 0.2) is 60.7 Å². The molecule has 0 aliphatic heterocycles. The molecule has 0 atom stereocenters. The van der Waals surface area contributed by atoms with Crippen molar-refractivity contribution >= 4 is 21.5 Å². The molecule has 0 fully saturated rings. The summed E-state index contributed by atoms with van der Waals surface area (Å²) >= 11 is 0. The molecular formula is C36H38. The maximum atomic E-state index is 2.47. The Balaban J connectivity index is 2.11. The highest BCUT2D eigenvalue weighted by Gasteiger charge is 2.20. The fraction of sp³-hybridized carbons (Fsp3) is 0.278. The molecule has 0 heterocycles. The molecule has 0 radical (unpaired) electrons. The van der Waals surface area contributed by atoms with Crippen molar-refractivity contribution in [3.63, 3.8) is 0 Å². The summed E-state index contributed by atoms with van der Waals surface area (Å²) in [6.45, 7) is 18.0. The van der Waals surface area contributed by atoms with E-state index >= 15 is 0 Å². The van der Waals surface area contributed by atoms with Crippen molar-refractivity contribution in [2.75, 3.05) is 0 Å². The van der Waals surface area contributed by atoms with Crippen LogP contribution in [0.1, 0.15) is 58.4 Å². The van der Waals surface area contributed by atoms with Crippen molar-refractivity contribution in [1.29, 1.82) is 0 Å². The first-order valence-electron chi connectivity index (χ1n) is 13.4. The van der Waals surface area contributed by atoms with Crippen LogP contribution in [-0.2, 0) is 12.8 Å². The van der Waals surface area contributed by atoms with Crippen LogP contribution < -0.4 is 0 Å². The van der Waals surface area contributed by atoms with E-state index in [1.54, 1.807) is 0 Å². The van der Waals surface area contributed by atoms with Crippen LogP contribution in [0, 0.1) is 41.5 Å². The topological polar surface area (TPSA) is 0 Å². The summed E-state index contributed by atoms with van der Waals surface area (Å²) < 4.78 is 0. The molecule has 0 spiro atoms. The Morgan fingerprint density at radius 3 is 1.03 bits per heavy atom. The van der Waals surface area contributed by atoms with Gasteiger partial charge in [-0.3, -0.25) is 0 Å². The van der Waals surface area contributed by atoms with Gasteiger partial charge in [0.05, 0.1) is 0 Å². The predicted octanol–water partition coefficient (Wildman–Crippen LogP) is 10.3. The third-order valence-electron chi connectivity index (χ3n) is 7.81. The van der Waals surface area contributed by atoms with Gasteiger partial charge in [0.15, 0.2) is 0 Å². The average Bonchev–Trinajstić information content (AvgIpc) is 2.81. The van der Waals surface area contributed by atoms with Gasteiger partial charge in [0, 0.05) is 0 Å². The summed E-state index contributed by atoms with van der Waals surface area (Å²) in [4.78, 5) is 0. The molecule has 5 rings (SSSR count). The van der Waals surface area contributed by atoms with E-state index in [4.69, 9.17) is 0 Å². The van der Waals surface area contributed by atoms with Gasteiger partial charge in [-0.05, 0) is 120 Å². The zero-order valence-corrected chi connectivity index (χ0v) is 23.2. The van der Waals surface area contributed by atoms with E-state index in [1.165, 1.54) is 88.3 Å². The molecular weight excluding hydrogens is 432 g/mol. The van der Waals surface area contributed by atoms with Crippen LogP contribution in [0.2, 0.25) is 0 Å². The molecule has 0 bridgehead atoms. The van der Waals surface area contributed by atoms with Gasteiger partial charge in [-0.2, -0.15) is 0 Å². The first kappa shape index (κ1) is 24.3. The van der Waals surface area contributed by atoms with E-state index in [-0.39, 0.29) is 0 Å². The number of fused-ring (bicyclic) bond motifs is 3. The molecule has 0 unspecified atom stereocenters. The third kappa shape index (κ3) is 4.13. The van der Waals surface area contributed by atoms with E-state index in [0.29, 0.717) is 0 Å². The fourth-order valence-electron chi connectivity index (χ4n) is 6.23. The lowest BCUT2D eigenvalue weighted by Gasteiger charge is -2.22. The van der Waals surface area contributed by atoms with Crippen molar-refractivity contribution in [2.24, 2.45) is 0 Å². The summed E-state index contributed by atoms with van der Waals surface area (Å²) in [5.41, 5.74) is 16.2. The second-order valence-electron chi connectivity index (χ2n) is 10.9.